The van der Waals surface area contributed by atoms with E-state index in [1.807, 2.05) is 0 Å². The maximum absolute atomic E-state index is 2.38. The second-order valence-electron chi connectivity index (χ2n) is 7.38. The van der Waals surface area contributed by atoms with Crippen molar-refractivity contribution < 1.29 is 4.57 Å². The van der Waals surface area contributed by atoms with Gasteiger partial charge in [0.05, 0.1) is 0 Å². The van der Waals surface area contributed by atoms with Crippen LogP contribution in [0.5, 0.6) is 0 Å². The van der Waals surface area contributed by atoms with Crippen LogP contribution in [-0.2, 0) is 19.9 Å². The van der Waals surface area contributed by atoms with Gasteiger partial charge in [-0.2, -0.15) is 0 Å². The number of benzene rings is 1. The fourth-order valence-corrected chi connectivity index (χ4v) is 3.02. The van der Waals surface area contributed by atoms with Gasteiger partial charge in [-0.3, -0.25) is 0 Å². The van der Waals surface area contributed by atoms with Gasteiger partial charge in [-0.1, -0.05) is 39.8 Å². The number of rotatable bonds is 5. The smallest absolute Gasteiger partial charge is 0.201 e. The number of hydrogen-bond acceptors (Lipinski definition) is 0. The molecule has 0 radical (unpaired) electrons. The van der Waals surface area contributed by atoms with E-state index in [4.69, 9.17) is 0 Å². The molecule has 0 spiro atoms. The fraction of sp³-hybridized carbons (Fsp3) is 0.476. The van der Waals surface area contributed by atoms with Crippen molar-refractivity contribution in [3.05, 3.63) is 53.2 Å². The van der Waals surface area contributed by atoms with Gasteiger partial charge in [-0.25, -0.2) is 4.57 Å². The summed E-state index contributed by atoms with van der Waals surface area (Å²) in [7, 11) is 2.14. The molecule has 0 bridgehead atoms. The maximum atomic E-state index is 2.38. The van der Waals surface area contributed by atoms with E-state index >= 15 is 0 Å². The lowest BCUT2D eigenvalue weighted by Gasteiger charge is -2.11. The Morgan fingerprint density at radius 2 is 1.45 bits per heavy atom. The van der Waals surface area contributed by atoms with Crippen molar-refractivity contribution in [1.29, 1.82) is 0 Å². The lowest BCUT2D eigenvalue weighted by Crippen LogP contribution is -2.31. The summed E-state index contributed by atoms with van der Waals surface area (Å²) in [5, 5.41) is 0. The van der Waals surface area contributed by atoms with Gasteiger partial charge in [0.2, 0.25) is 5.69 Å². The van der Waals surface area contributed by atoms with Gasteiger partial charge in [-0.05, 0) is 54.4 Å². The molecule has 1 aromatic heterocycles. The molecule has 2 aromatic rings. The van der Waals surface area contributed by atoms with Gasteiger partial charge in [0, 0.05) is 17.7 Å². The Labute approximate surface area is 136 Å². The van der Waals surface area contributed by atoms with E-state index in [1.54, 1.807) is 0 Å². The zero-order chi connectivity index (χ0) is 16.3. The molecule has 1 heterocycles. The maximum Gasteiger partial charge on any atom is 0.212 e. The summed E-state index contributed by atoms with van der Waals surface area (Å²) in [6, 6.07) is 11.5. The molecule has 0 aliphatic rings. The predicted octanol–water partition coefficient (Wildman–Crippen LogP) is 4.88. The minimum absolute atomic E-state index is 0.689. The third-order valence-corrected chi connectivity index (χ3v) is 4.08. The topological polar surface area (TPSA) is 3.88 Å². The summed E-state index contributed by atoms with van der Waals surface area (Å²) in [6.07, 6.45) is 4.48. The molecule has 0 amide bonds. The van der Waals surface area contributed by atoms with Crippen molar-refractivity contribution >= 4 is 0 Å². The first kappa shape index (κ1) is 16.7. The van der Waals surface area contributed by atoms with Crippen LogP contribution in [0.1, 0.15) is 44.4 Å². The van der Waals surface area contributed by atoms with Crippen LogP contribution < -0.4 is 4.57 Å². The van der Waals surface area contributed by atoms with Gasteiger partial charge in [-0.15, -0.1) is 0 Å². The van der Waals surface area contributed by atoms with Crippen molar-refractivity contribution in [3.63, 3.8) is 0 Å². The Bertz CT molecular complexity index is 581. The Kier molecular flexibility index (Phi) is 5.39. The second kappa shape index (κ2) is 7.09. The molecule has 0 aliphatic carbocycles. The molecule has 22 heavy (non-hydrogen) atoms. The first-order chi connectivity index (χ1) is 10.4. The fourth-order valence-electron chi connectivity index (χ4n) is 3.02. The SMILES string of the molecule is Cc1ccc(CC(C)C)cc1-c1cc(CC(C)C)cc[n+]1C. The summed E-state index contributed by atoms with van der Waals surface area (Å²) >= 11 is 0. The molecule has 0 saturated heterocycles. The molecule has 0 atom stereocenters. The lowest BCUT2D eigenvalue weighted by molar-refractivity contribution is -0.660. The first-order valence-electron chi connectivity index (χ1n) is 8.45. The quantitative estimate of drug-likeness (QED) is 0.692. The molecule has 2 rings (SSSR count). The van der Waals surface area contributed by atoms with Crippen LogP contribution in [0.15, 0.2) is 36.5 Å². The molecule has 0 fully saturated rings. The number of aromatic nitrogens is 1. The summed E-state index contributed by atoms with van der Waals surface area (Å²) in [5.41, 5.74) is 6.90. The highest BCUT2D eigenvalue weighted by Crippen LogP contribution is 2.24. The molecular weight excluding hydrogens is 266 g/mol. The van der Waals surface area contributed by atoms with Crippen LogP contribution in [0.4, 0.5) is 0 Å². The Hall–Kier alpha value is -1.63. The molecule has 118 valence electrons. The van der Waals surface area contributed by atoms with E-state index in [0.717, 1.165) is 12.8 Å². The third-order valence-electron chi connectivity index (χ3n) is 4.08. The summed E-state index contributed by atoms with van der Waals surface area (Å²) in [5.74, 6) is 1.38. The zero-order valence-electron chi connectivity index (χ0n) is 15.0. The minimum Gasteiger partial charge on any atom is -0.201 e. The lowest BCUT2D eigenvalue weighted by atomic mass is 9.95. The third kappa shape index (κ3) is 4.19. The highest BCUT2D eigenvalue weighted by atomic mass is 14.9. The molecule has 1 heteroatoms. The Morgan fingerprint density at radius 1 is 0.864 bits per heavy atom. The number of nitrogens with zero attached hydrogens (tertiary/aromatic N) is 1. The van der Waals surface area contributed by atoms with E-state index in [1.165, 1.54) is 27.9 Å². The normalized spacial score (nSPS) is 11.5. The average molecular weight is 296 g/mol. The standard InChI is InChI=1S/C21H30N/c1-15(2)11-18-8-7-17(5)20(13-18)21-14-19(12-16(3)4)9-10-22(21)6/h7-10,13-16H,11-12H2,1-6H3/q+1. The molecule has 0 saturated carbocycles. The Morgan fingerprint density at radius 3 is 2.05 bits per heavy atom. The second-order valence-corrected chi connectivity index (χ2v) is 7.38. The number of pyridine rings is 1. The van der Waals surface area contributed by atoms with Crippen molar-refractivity contribution in [3.8, 4) is 11.3 Å². The largest absolute Gasteiger partial charge is 0.212 e. The van der Waals surface area contributed by atoms with Gasteiger partial charge in [0.15, 0.2) is 6.20 Å². The van der Waals surface area contributed by atoms with Gasteiger partial charge in [0.1, 0.15) is 7.05 Å². The van der Waals surface area contributed by atoms with E-state index in [9.17, 15) is 0 Å². The van der Waals surface area contributed by atoms with Crippen LogP contribution >= 0.6 is 0 Å². The molecule has 1 nitrogen and oxygen atoms in total. The van der Waals surface area contributed by atoms with E-state index in [-0.39, 0.29) is 0 Å². The van der Waals surface area contributed by atoms with Crippen LogP contribution in [0.3, 0.4) is 0 Å². The summed E-state index contributed by atoms with van der Waals surface area (Å²) in [4.78, 5) is 0. The van der Waals surface area contributed by atoms with Gasteiger partial charge < -0.3 is 0 Å². The van der Waals surface area contributed by atoms with Gasteiger partial charge >= 0.3 is 0 Å². The number of hydrogen-bond donors (Lipinski definition) is 0. The van der Waals surface area contributed by atoms with Crippen LogP contribution in [-0.4, -0.2) is 0 Å². The van der Waals surface area contributed by atoms with Crippen LogP contribution in [0.2, 0.25) is 0 Å². The van der Waals surface area contributed by atoms with Crippen molar-refractivity contribution in [2.75, 3.05) is 0 Å². The van der Waals surface area contributed by atoms with Crippen molar-refractivity contribution in [1.82, 2.24) is 0 Å². The molecular formula is C21H30N+. The highest BCUT2D eigenvalue weighted by molar-refractivity contribution is 5.62. The monoisotopic (exact) mass is 296 g/mol. The van der Waals surface area contributed by atoms with Crippen LogP contribution in [0, 0.1) is 18.8 Å². The van der Waals surface area contributed by atoms with Crippen LogP contribution in [0.25, 0.3) is 11.3 Å². The molecule has 0 aliphatic heterocycles. The molecule has 0 unspecified atom stereocenters. The molecule has 1 aromatic carbocycles. The highest BCUT2D eigenvalue weighted by Gasteiger charge is 2.15. The van der Waals surface area contributed by atoms with E-state index in [0.29, 0.717) is 11.8 Å². The van der Waals surface area contributed by atoms with E-state index in [2.05, 4.69) is 82.8 Å². The predicted molar refractivity (Wildman–Crippen MR) is 94.9 cm³/mol. The van der Waals surface area contributed by atoms with Gasteiger partial charge in [0.25, 0.3) is 0 Å². The first-order valence-corrected chi connectivity index (χ1v) is 8.45. The minimum atomic E-state index is 0.689. The van der Waals surface area contributed by atoms with E-state index < -0.39 is 0 Å². The van der Waals surface area contributed by atoms with Crippen molar-refractivity contribution in [2.45, 2.75) is 47.5 Å². The molecule has 0 N–H and O–H groups in total. The summed E-state index contributed by atoms with van der Waals surface area (Å²) in [6.45, 7) is 11.3. The van der Waals surface area contributed by atoms with Crippen molar-refractivity contribution in [2.24, 2.45) is 18.9 Å². The average Bonchev–Trinajstić information content (AvgIpc) is 2.42. The Balaban J connectivity index is 2.45. The number of aryl methyl sites for hydroxylation is 2. The zero-order valence-corrected chi connectivity index (χ0v) is 15.0. The summed E-state index contributed by atoms with van der Waals surface area (Å²) < 4.78 is 2.24.